The van der Waals surface area contributed by atoms with Crippen LogP contribution in [0.2, 0.25) is 0 Å². The summed E-state index contributed by atoms with van der Waals surface area (Å²) in [5.41, 5.74) is 2.01. The first-order valence-corrected chi connectivity index (χ1v) is 9.99. The summed E-state index contributed by atoms with van der Waals surface area (Å²) in [6.07, 6.45) is 0. The normalized spacial score (nSPS) is 12.4. The minimum Gasteiger partial charge on any atom is -0.368 e. The summed E-state index contributed by atoms with van der Waals surface area (Å²) in [5, 5.41) is 0. The van der Waals surface area contributed by atoms with Crippen molar-refractivity contribution >= 4 is 11.6 Å². The van der Waals surface area contributed by atoms with Gasteiger partial charge in [-0.15, -0.1) is 0 Å². The van der Waals surface area contributed by atoms with Crippen molar-refractivity contribution in [1.29, 1.82) is 0 Å². The smallest absolute Gasteiger partial charge is 0.253 e. The molecule has 1 fully saturated rings. The van der Waals surface area contributed by atoms with Gasteiger partial charge in [0.15, 0.2) is 0 Å². The molecule has 3 heteroatoms. The second-order valence-corrected chi connectivity index (χ2v) is 4.98. The second-order valence-electron chi connectivity index (χ2n) is 4.98. The molecule has 0 spiro atoms. The molecule has 0 atom stereocenters. The lowest BCUT2D eigenvalue weighted by Gasteiger charge is -2.36. The number of benzene rings is 2. The van der Waals surface area contributed by atoms with Crippen molar-refractivity contribution in [2.24, 2.45) is 0 Å². The quantitative estimate of drug-likeness (QED) is 0.686. The number of rotatable bonds is 2. The second kappa shape index (κ2) is 15.0. The van der Waals surface area contributed by atoms with E-state index in [4.69, 9.17) is 0 Å². The highest BCUT2D eigenvalue weighted by atomic mass is 16.2. The third-order valence-electron chi connectivity index (χ3n) is 3.71. The van der Waals surface area contributed by atoms with E-state index in [1.54, 1.807) is 0 Å². The molecule has 0 unspecified atom stereocenters. The van der Waals surface area contributed by atoms with Gasteiger partial charge in [-0.25, -0.2) is 0 Å². The Morgan fingerprint density at radius 2 is 1.08 bits per heavy atom. The van der Waals surface area contributed by atoms with Crippen LogP contribution < -0.4 is 4.90 Å². The number of hydrogen-bond acceptors (Lipinski definition) is 2. The Morgan fingerprint density at radius 1 is 0.654 bits per heavy atom. The predicted octanol–water partition coefficient (Wildman–Crippen LogP) is 5.73. The maximum absolute atomic E-state index is 12.4. The molecule has 3 nitrogen and oxygen atoms in total. The van der Waals surface area contributed by atoms with Crippen molar-refractivity contribution in [2.45, 2.75) is 41.5 Å². The van der Waals surface area contributed by atoms with Gasteiger partial charge in [0.2, 0.25) is 0 Å². The van der Waals surface area contributed by atoms with Crippen molar-refractivity contribution in [2.75, 3.05) is 31.1 Å². The number of piperazine rings is 1. The number of para-hydroxylation sites is 1. The van der Waals surface area contributed by atoms with Crippen LogP contribution in [0, 0.1) is 0 Å². The number of amides is 1. The summed E-state index contributed by atoms with van der Waals surface area (Å²) in [6.45, 7) is 15.3. The number of anilines is 1. The first-order valence-electron chi connectivity index (χ1n) is 9.99. The lowest BCUT2D eigenvalue weighted by molar-refractivity contribution is 0.0747. The molecule has 0 radical (unpaired) electrons. The molecule has 0 N–H and O–H groups in total. The maximum atomic E-state index is 12.4. The summed E-state index contributed by atoms with van der Waals surface area (Å²) >= 11 is 0. The van der Waals surface area contributed by atoms with Crippen molar-refractivity contribution in [3.8, 4) is 0 Å². The van der Waals surface area contributed by atoms with Gasteiger partial charge in [-0.1, -0.05) is 77.9 Å². The van der Waals surface area contributed by atoms with E-state index < -0.39 is 0 Å². The lowest BCUT2D eigenvalue weighted by atomic mass is 10.1. The summed E-state index contributed by atoms with van der Waals surface area (Å²) in [7, 11) is 0. The van der Waals surface area contributed by atoms with Gasteiger partial charge in [0, 0.05) is 37.4 Å². The van der Waals surface area contributed by atoms with Crippen LogP contribution >= 0.6 is 0 Å². The zero-order valence-corrected chi connectivity index (χ0v) is 17.4. The molecule has 1 heterocycles. The Hall–Kier alpha value is -2.29. The fourth-order valence-electron chi connectivity index (χ4n) is 2.57. The SMILES string of the molecule is CC.CC.CC.O=C(c1ccccc1)N1CCN(c2ccccc2)CC1. The number of carbonyl (C=O) groups is 1. The molecule has 2 aromatic rings. The Balaban J connectivity index is 0.000000948. The summed E-state index contributed by atoms with van der Waals surface area (Å²) < 4.78 is 0. The Kier molecular flexibility index (Phi) is 13.7. The van der Waals surface area contributed by atoms with Crippen molar-refractivity contribution in [3.05, 3.63) is 66.2 Å². The van der Waals surface area contributed by atoms with E-state index in [-0.39, 0.29) is 5.91 Å². The Morgan fingerprint density at radius 3 is 1.54 bits per heavy atom. The lowest BCUT2D eigenvalue weighted by Crippen LogP contribution is -2.48. The first-order chi connectivity index (χ1) is 12.8. The van der Waals surface area contributed by atoms with Crippen LogP contribution in [-0.4, -0.2) is 37.0 Å². The Bertz CT molecular complexity index is 561. The molecule has 3 rings (SSSR count). The molecule has 144 valence electrons. The van der Waals surface area contributed by atoms with E-state index in [0.29, 0.717) is 0 Å². The highest BCUT2D eigenvalue weighted by Crippen LogP contribution is 2.16. The average Bonchev–Trinajstić information content (AvgIpc) is 2.79. The van der Waals surface area contributed by atoms with Crippen LogP contribution in [0.5, 0.6) is 0 Å². The van der Waals surface area contributed by atoms with Crippen molar-refractivity contribution < 1.29 is 4.79 Å². The Labute approximate surface area is 160 Å². The summed E-state index contributed by atoms with van der Waals surface area (Å²) in [4.78, 5) is 16.6. The van der Waals surface area contributed by atoms with Crippen LogP contribution in [0.4, 0.5) is 5.69 Å². The molecule has 0 bridgehead atoms. The van der Waals surface area contributed by atoms with Gasteiger partial charge >= 0.3 is 0 Å². The molecule has 2 aromatic carbocycles. The van der Waals surface area contributed by atoms with Gasteiger partial charge in [-0.05, 0) is 24.3 Å². The van der Waals surface area contributed by atoms with Crippen molar-refractivity contribution in [3.63, 3.8) is 0 Å². The van der Waals surface area contributed by atoms with E-state index in [1.165, 1.54) is 5.69 Å². The van der Waals surface area contributed by atoms with Gasteiger partial charge in [0.1, 0.15) is 0 Å². The van der Waals surface area contributed by atoms with Crippen molar-refractivity contribution in [1.82, 2.24) is 4.90 Å². The highest BCUT2D eigenvalue weighted by Gasteiger charge is 2.21. The number of nitrogens with zero attached hydrogens (tertiary/aromatic N) is 2. The largest absolute Gasteiger partial charge is 0.368 e. The molecular weight excluding hydrogens is 320 g/mol. The minimum absolute atomic E-state index is 0.137. The molecule has 0 saturated carbocycles. The molecule has 0 aliphatic carbocycles. The van der Waals surface area contributed by atoms with Crippen LogP contribution in [0.1, 0.15) is 51.9 Å². The van der Waals surface area contributed by atoms with Crippen LogP contribution in [0.25, 0.3) is 0 Å². The van der Waals surface area contributed by atoms with E-state index in [1.807, 2.05) is 82.8 Å². The topological polar surface area (TPSA) is 23.6 Å². The predicted molar refractivity (Wildman–Crippen MR) is 115 cm³/mol. The molecular formula is C23H36N2O. The summed E-state index contributed by atoms with van der Waals surface area (Å²) in [6, 6.07) is 19.9. The number of carbonyl (C=O) groups excluding carboxylic acids is 1. The fraction of sp³-hybridized carbons (Fsp3) is 0.435. The van der Waals surface area contributed by atoms with Gasteiger partial charge < -0.3 is 9.80 Å². The average molecular weight is 357 g/mol. The minimum atomic E-state index is 0.137. The van der Waals surface area contributed by atoms with Gasteiger partial charge in [-0.2, -0.15) is 0 Å². The third kappa shape index (κ3) is 7.30. The molecule has 26 heavy (non-hydrogen) atoms. The fourth-order valence-corrected chi connectivity index (χ4v) is 2.57. The van der Waals surface area contributed by atoms with Crippen LogP contribution in [0.15, 0.2) is 60.7 Å². The molecule has 1 aliphatic rings. The zero-order valence-electron chi connectivity index (χ0n) is 17.4. The van der Waals surface area contributed by atoms with E-state index in [9.17, 15) is 4.79 Å². The van der Waals surface area contributed by atoms with Gasteiger partial charge in [-0.3, -0.25) is 4.79 Å². The van der Waals surface area contributed by atoms with Crippen LogP contribution in [-0.2, 0) is 0 Å². The third-order valence-corrected chi connectivity index (χ3v) is 3.71. The first kappa shape index (κ1) is 23.7. The van der Waals surface area contributed by atoms with E-state index in [2.05, 4.69) is 29.2 Å². The van der Waals surface area contributed by atoms with Gasteiger partial charge in [0.25, 0.3) is 5.91 Å². The maximum Gasteiger partial charge on any atom is 0.253 e. The monoisotopic (exact) mass is 356 g/mol. The highest BCUT2D eigenvalue weighted by molar-refractivity contribution is 5.94. The molecule has 1 aliphatic heterocycles. The summed E-state index contributed by atoms with van der Waals surface area (Å²) in [5.74, 6) is 0.137. The molecule has 0 aromatic heterocycles. The van der Waals surface area contributed by atoms with Gasteiger partial charge in [0.05, 0.1) is 0 Å². The number of hydrogen-bond donors (Lipinski definition) is 0. The molecule has 1 amide bonds. The van der Waals surface area contributed by atoms with E-state index in [0.717, 1.165) is 31.7 Å². The molecule has 1 saturated heterocycles. The zero-order chi connectivity index (χ0) is 19.8. The standard InChI is InChI=1S/C17H18N2O.3C2H6/c20-17(15-7-3-1-4-8-15)19-13-11-18(12-14-19)16-9-5-2-6-10-16;3*1-2/h1-10H,11-14H2;3*1-2H3. The van der Waals surface area contributed by atoms with E-state index >= 15 is 0 Å². The van der Waals surface area contributed by atoms with Crippen LogP contribution in [0.3, 0.4) is 0 Å².